The van der Waals surface area contributed by atoms with Crippen molar-refractivity contribution in [2.24, 2.45) is 0 Å². The number of hydrogen-bond donors (Lipinski definition) is 0. The molecule has 0 aromatic heterocycles. The molecule has 10 nitrogen and oxygen atoms in total. The Balaban J connectivity index is 1.37. The Kier molecular flexibility index (Phi) is 16.1. The van der Waals surface area contributed by atoms with Crippen molar-refractivity contribution < 1.29 is 47.4 Å². The molecule has 2 aliphatic heterocycles. The highest BCUT2D eigenvalue weighted by Crippen LogP contribution is 2.31. The van der Waals surface area contributed by atoms with Crippen LogP contribution in [-0.2, 0) is 67.2 Å². The second-order valence-electron chi connectivity index (χ2n) is 11.2. The van der Waals surface area contributed by atoms with Gasteiger partial charge in [0, 0.05) is 0 Å². The van der Waals surface area contributed by atoms with Crippen molar-refractivity contribution in [3.63, 3.8) is 0 Å². The summed E-state index contributed by atoms with van der Waals surface area (Å²) in [5, 5.41) is 0. The summed E-state index contributed by atoms with van der Waals surface area (Å²) in [6.07, 6.45) is -2.97. The van der Waals surface area contributed by atoms with Gasteiger partial charge in [0.05, 0.1) is 92.5 Å². The summed E-state index contributed by atoms with van der Waals surface area (Å²) in [7, 11) is 0. The maximum Gasteiger partial charge on any atom is 0.187 e. The fourth-order valence-corrected chi connectivity index (χ4v) is 5.34. The van der Waals surface area contributed by atoms with Crippen molar-refractivity contribution >= 4 is 0 Å². The molecule has 5 rings (SSSR count). The second-order valence-corrected chi connectivity index (χ2v) is 11.2. The minimum Gasteiger partial charge on any atom is -0.377 e. The van der Waals surface area contributed by atoms with Gasteiger partial charge in [-0.1, -0.05) is 91.0 Å². The van der Waals surface area contributed by atoms with Crippen molar-refractivity contribution in [3.05, 3.63) is 108 Å². The summed E-state index contributed by atoms with van der Waals surface area (Å²) in [5.41, 5.74) is 3.13. The molecule has 0 N–H and O–H groups in total. The molecule has 2 fully saturated rings. The third kappa shape index (κ3) is 12.7. The molecule has 3 aromatic carbocycles. The van der Waals surface area contributed by atoms with Crippen molar-refractivity contribution in [1.82, 2.24) is 0 Å². The number of fused-ring (bicyclic) bond motifs is 3. The lowest BCUT2D eigenvalue weighted by atomic mass is 9.98. The van der Waals surface area contributed by atoms with Crippen LogP contribution < -0.4 is 0 Å². The molecule has 0 radical (unpaired) electrons. The highest BCUT2D eigenvalue weighted by molar-refractivity contribution is 5.15. The summed E-state index contributed by atoms with van der Waals surface area (Å²) >= 11 is 0. The first-order valence-corrected chi connectivity index (χ1v) is 16.5. The first kappa shape index (κ1) is 35.6. The van der Waals surface area contributed by atoms with Crippen LogP contribution in [0.2, 0.25) is 0 Å². The largest absolute Gasteiger partial charge is 0.377 e. The van der Waals surface area contributed by atoms with E-state index in [9.17, 15) is 0 Å². The van der Waals surface area contributed by atoms with E-state index in [1.54, 1.807) is 0 Å². The van der Waals surface area contributed by atoms with Gasteiger partial charge in [0.2, 0.25) is 0 Å². The van der Waals surface area contributed by atoms with Crippen LogP contribution in [0.5, 0.6) is 0 Å². The molecule has 0 aliphatic carbocycles. The fourth-order valence-electron chi connectivity index (χ4n) is 5.34. The summed E-state index contributed by atoms with van der Waals surface area (Å²) in [6.45, 7) is 5.60. The first-order valence-electron chi connectivity index (χ1n) is 16.5. The normalized spacial score (nSPS) is 25.7. The molecular formula is C37H48O10. The van der Waals surface area contributed by atoms with Gasteiger partial charge in [0.15, 0.2) is 6.29 Å². The van der Waals surface area contributed by atoms with Crippen molar-refractivity contribution in [3.8, 4) is 0 Å². The summed E-state index contributed by atoms with van der Waals surface area (Å²) in [6, 6.07) is 30.1. The predicted molar refractivity (Wildman–Crippen MR) is 174 cm³/mol. The van der Waals surface area contributed by atoms with E-state index in [4.69, 9.17) is 47.4 Å². The van der Waals surface area contributed by atoms with E-state index in [-0.39, 0.29) is 6.61 Å². The van der Waals surface area contributed by atoms with Crippen LogP contribution in [0, 0.1) is 0 Å². The molecule has 5 atom stereocenters. The minimum atomic E-state index is -0.761. The monoisotopic (exact) mass is 652 g/mol. The molecular weight excluding hydrogens is 604 g/mol. The standard InChI is InChI=1S/C37H48O10/c1-4-10-30(11-5-1)26-42-29-33-34-35(45-27-31-12-6-2-7-13-31)36(46-28-32-14-8-3-9-15-32)37(47-33)44-25-23-41-21-19-39-17-16-38-18-20-40-22-24-43-34/h1-15,33-37H,16-29H2/t33-,34+,35+,36-,37-/m1/s1. The van der Waals surface area contributed by atoms with E-state index < -0.39 is 30.7 Å². The van der Waals surface area contributed by atoms with E-state index in [1.165, 1.54) is 0 Å². The van der Waals surface area contributed by atoms with E-state index in [1.807, 2.05) is 91.0 Å². The topological polar surface area (TPSA) is 92.3 Å². The molecule has 2 saturated heterocycles. The van der Waals surface area contributed by atoms with Crippen LogP contribution in [0.3, 0.4) is 0 Å². The van der Waals surface area contributed by atoms with Crippen LogP contribution in [0.15, 0.2) is 91.0 Å². The van der Waals surface area contributed by atoms with Gasteiger partial charge < -0.3 is 47.4 Å². The smallest absolute Gasteiger partial charge is 0.187 e. The number of hydrogen-bond acceptors (Lipinski definition) is 10. The zero-order chi connectivity index (χ0) is 32.2. The number of rotatable bonds is 10. The molecule has 47 heavy (non-hydrogen) atoms. The Hall–Kier alpha value is -2.74. The number of benzene rings is 3. The van der Waals surface area contributed by atoms with Gasteiger partial charge in [0.1, 0.15) is 24.4 Å². The Morgan fingerprint density at radius 3 is 1.40 bits per heavy atom. The quantitative estimate of drug-likeness (QED) is 0.310. The predicted octanol–water partition coefficient (Wildman–Crippen LogP) is 4.58. The van der Waals surface area contributed by atoms with E-state index in [0.717, 1.165) is 16.7 Å². The lowest BCUT2D eigenvalue weighted by molar-refractivity contribution is -0.328. The summed E-state index contributed by atoms with van der Waals surface area (Å²) in [5.74, 6) is 0. The van der Waals surface area contributed by atoms with Crippen LogP contribution in [0.25, 0.3) is 0 Å². The molecule has 10 heteroatoms. The first-order chi connectivity index (χ1) is 23.4. The number of ether oxygens (including phenoxy) is 10. The molecule has 0 saturated carbocycles. The van der Waals surface area contributed by atoms with Crippen LogP contribution in [0.1, 0.15) is 16.7 Å². The molecule has 2 heterocycles. The average molecular weight is 653 g/mol. The lowest BCUT2D eigenvalue weighted by Crippen LogP contribution is -2.62. The third-order valence-electron chi connectivity index (χ3n) is 7.72. The zero-order valence-corrected chi connectivity index (χ0v) is 27.0. The van der Waals surface area contributed by atoms with Crippen molar-refractivity contribution in [2.45, 2.75) is 50.5 Å². The van der Waals surface area contributed by atoms with Crippen molar-refractivity contribution in [2.75, 3.05) is 72.7 Å². The molecule has 0 spiro atoms. The van der Waals surface area contributed by atoms with E-state index in [0.29, 0.717) is 85.9 Å². The van der Waals surface area contributed by atoms with Gasteiger partial charge in [-0.25, -0.2) is 0 Å². The van der Waals surface area contributed by atoms with Crippen LogP contribution >= 0.6 is 0 Å². The van der Waals surface area contributed by atoms with Gasteiger partial charge >= 0.3 is 0 Å². The minimum absolute atomic E-state index is 0.262. The molecule has 3 aromatic rings. The maximum absolute atomic E-state index is 6.70. The Morgan fingerprint density at radius 2 is 0.894 bits per heavy atom. The molecule has 2 aliphatic rings. The van der Waals surface area contributed by atoms with Gasteiger partial charge in [-0.15, -0.1) is 0 Å². The average Bonchev–Trinajstić information content (AvgIpc) is 3.11. The molecule has 0 unspecified atom stereocenters. The lowest BCUT2D eigenvalue weighted by Gasteiger charge is -2.45. The molecule has 0 amide bonds. The second kappa shape index (κ2) is 21.3. The van der Waals surface area contributed by atoms with Gasteiger partial charge in [0.25, 0.3) is 0 Å². The SMILES string of the molecule is c1ccc(COC[C@H]2O[C@H]3OCCOCCOCCOCCOCCO[C@@H]2[C@H](OCc2ccccc2)[C@H]3OCc2ccccc2)cc1. The van der Waals surface area contributed by atoms with E-state index >= 15 is 0 Å². The Morgan fingerprint density at radius 1 is 0.468 bits per heavy atom. The Bertz CT molecular complexity index is 1200. The highest BCUT2D eigenvalue weighted by Gasteiger charge is 2.49. The van der Waals surface area contributed by atoms with Crippen LogP contribution in [0.4, 0.5) is 0 Å². The van der Waals surface area contributed by atoms with Gasteiger partial charge in [-0.2, -0.15) is 0 Å². The molecule has 256 valence electrons. The third-order valence-corrected chi connectivity index (χ3v) is 7.72. The van der Waals surface area contributed by atoms with Gasteiger partial charge in [-0.05, 0) is 16.7 Å². The van der Waals surface area contributed by atoms with E-state index in [2.05, 4.69) is 0 Å². The zero-order valence-electron chi connectivity index (χ0n) is 27.0. The highest BCUT2D eigenvalue weighted by atomic mass is 16.7. The summed E-state index contributed by atoms with van der Waals surface area (Å²) in [4.78, 5) is 0. The van der Waals surface area contributed by atoms with Crippen molar-refractivity contribution in [1.29, 1.82) is 0 Å². The Labute approximate surface area is 278 Å². The maximum atomic E-state index is 6.70. The summed E-state index contributed by atoms with van der Waals surface area (Å²) < 4.78 is 61.8. The fraction of sp³-hybridized carbons (Fsp3) is 0.514. The van der Waals surface area contributed by atoms with Gasteiger partial charge in [-0.3, -0.25) is 0 Å². The molecule has 2 bridgehead atoms. The van der Waals surface area contributed by atoms with Crippen LogP contribution in [-0.4, -0.2) is 103 Å².